The lowest BCUT2D eigenvalue weighted by molar-refractivity contribution is 0.0509. The number of benzene rings is 1. The molecular formula is C8H8BrO2. The van der Waals surface area contributed by atoms with Gasteiger partial charge in [0.15, 0.2) is 6.79 Å². The summed E-state index contributed by atoms with van der Waals surface area (Å²) in [5.74, 6) is 0.682. The van der Waals surface area contributed by atoms with Gasteiger partial charge in [-0.2, -0.15) is 0 Å². The van der Waals surface area contributed by atoms with Crippen LogP contribution in [0.3, 0.4) is 0 Å². The number of ether oxygens (including phenoxy) is 2. The van der Waals surface area contributed by atoms with Gasteiger partial charge in [0.2, 0.25) is 0 Å². The van der Waals surface area contributed by atoms with Crippen molar-refractivity contribution in [1.29, 1.82) is 0 Å². The lowest BCUT2D eigenvalue weighted by Crippen LogP contribution is -1.98. The fraction of sp³-hybridized carbons (Fsp3) is 0.250. The number of hydrogen-bond acceptors (Lipinski definition) is 2. The van der Waals surface area contributed by atoms with Gasteiger partial charge in [0.25, 0.3) is 0 Å². The highest BCUT2D eigenvalue weighted by atomic mass is 79.9. The summed E-state index contributed by atoms with van der Waals surface area (Å²) in [6.07, 6.45) is 0. The molecule has 0 saturated heterocycles. The molecule has 0 aromatic heterocycles. The second kappa shape index (κ2) is 4.36. The molecule has 59 valence electrons. The minimum absolute atomic E-state index is 0.257. The van der Waals surface area contributed by atoms with Crippen molar-refractivity contribution < 1.29 is 9.47 Å². The predicted octanol–water partition coefficient (Wildman–Crippen LogP) is 2.23. The van der Waals surface area contributed by atoms with Crippen molar-refractivity contribution in [2.24, 2.45) is 0 Å². The quantitative estimate of drug-likeness (QED) is 0.721. The molecule has 0 heterocycles. The van der Waals surface area contributed by atoms with Crippen LogP contribution in [0, 0.1) is 6.07 Å². The van der Waals surface area contributed by atoms with E-state index in [-0.39, 0.29) is 6.79 Å². The van der Waals surface area contributed by atoms with Crippen LogP contribution in [0.2, 0.25) is 0 Å². The Morgan fingerprint density at radius 3 is 3.00 bits per heavy atom. The highest BCUT2D eigenvalue weighted by Gasteiger charge is 1.92. The van der Waals surface area contributed by atoms with E-state index >= 15 is 0 Å². The summed E-state index contributed by atoms with van der Waals surface area (Å²) in [6.45, 7) is 0.257. The molecule has 0 bridgehead atoms. The van der Waals surface area contributed by atoms with Crippen molar-refractivity contribution in [3.8, 4) is 5.75 Å². The second-order valence-corrected chi connectivity index (χ2v) is 2.77. The molecule has 1 aromatic carbocycles. The molecule has 0 aliphatic carbocycles. The maximum Gasteiger partial charge on any atom is 0.188 e. The number of rotatable bonds is 3. The van der Waals surface area contributed by atoms with Gasteiger partial charge in [-0.15, -0.1) is 0 Å². The maximum atomic E-state index is 5.13. The molecule has 1 radical (unpaired) electrons. The number of methoxy groups -OCH3 is 1. The Bertz CT molecular complexity index is 225. The molecular weight excluding hydrogens is 208 g/mol. The number of hydrogen-bond donors (Lipinski definition) is 0. The summed E-state index contributed by atoms with van der Waals surface area (Å²) in [5, 5.41) is 0. The minimum atomic E-state index is 0.257. The second-order valence-electron chi connectivity index (χ2n) is 1.91. The summed E-state index contributed by atoms with van der Waals surface area (Å²) in [6, 6.07) is 8.55. The molecule has 0 aliphatic heterocycles. The van der Waals surface area contributed by atoms with E-state index in [1.165, 1.54) is 0 Å². The average Bonchev–Trinajstić information content (AvgIpc) is 2.01. The minimum Gasteiger partial charge on any atom is -0.467 e. The van der Waals surface area contributed by atoms with E-state index in [2.05, 4.69) is 22.0 Å². The molecule has 0 aliphatic rings. The molecule has 0 N–H and O–H groups in total. The van der Waals surface area contributed by atoms with Gasteiger partial charge in [0, 0.05) is 17.6 Å². The molecule has 0 spiro atoms. The molecule has 0 fully saturated rings. The van der Waals surface area contributed by atoms with Gasteiger partial charge in [0.05, 0.1) is 0 Å². The van der Waals surface area contributed by atoms with Crippen molar-refractivity contribution in [2.75, 3.05) is 13.9 Å². The molecule has 1 aromatic rings. The average molecular weight is 216 g/mol. The Morgan fingerprint density at radius 2 is 2.36 bits per heavy atom. The third kappa shape index (κ3) is 2.91. The van der Waals surface area contributed by atoms with E-state index in [0.717, 1.165) is 4.47 Å². The van der Waals surface area contributed by atoms with E-state index in [9.17, 15) is 0 Å². The van der Waals surface area contributed by atoms with E-state index in [1.54, 1.807) is 7.11 Å². The first-order chi connectivity index (χ1) is 5.33. The van der Waals surface area contributed by atoms with E-state index < -0.39 is 0 Å². The lowest BCUT2D eigenvalue weighted by Gasteiger charge is -2.02. The van der Waals surface area contributed by atoms with Crippen molar-refractivity contribution in [3.05, 3.63) is 28.7 Å². The Balaban J connectivity index is 2.56. The van der Waals surface area contributed by atoms with Crippen molar-refractivity contribution >= 4 is 15.9 Å². The molecule has 0 amide bonds. The van der Waals surface area contributed by atoms with E-state index in [1.807, 2.05) is 18.2 Å². The van der Waals surface area contributed by atoms with Crippen molar-refractivity contribution in [3.63, 3.8) is 0 Å². The molecule has 0 saturated carbocycles. The van der Waals surface area contributed by atoms with Crippen LogP contribution in [0.5, 0.6) is 5.75 Å². The van der Waals surface area contributed by atoms with Crippen molar-refractivity contribution in [2.45, 2.75) is 0 Å². The normalized spacial score (nSPS) is 9.64. The molecule has 3 heteroatoms. The van der Waals surface area contributed by atoms with Crippen LogP contribution < -0.4 is 4.74 Å². The fourth-order valence-electron chi connectivity index (χ4n) is 0.628. The molecule has 2 nitrogen and oxygen atoms in total. The third-order valence-electron chi connectivity index (χ3n) is 1.07. The zero-order chi connectivity index (χ0) is 8.10. The van der Waals surface area contributed by atoms with Crippen molar-refractivity contribution in [1.82, 2.24) is 0 Å². The first-order valence-electron chi connectivity index (χ1n) is 3.12. The molecule has 0 atom stereocenters. The Hall–Kier alpha value is -0.540. The highest BCUT2D eigenvalue weighted by molar-refractivity contribution is 9.10. The summed E-state index contributed by atoms with van der Waals surface area (Å²) < 4.78 is 10.7. The van der Waals surface area contributed by atoms with Gasteiger partial charge in [-0.25, -0.2) is 0 Å². The van der Waals surface area contributed by atoms with E-state index in [4.69, 9.17) is 9.47 Å². The zero-order valence-electron chi connectivity index (χ0n) is 6.13. The first kappa shape index (κ1) is 8.56. The summed E-state index contributed by atoms with van der Waals surface area (Å²) in [5.41, 5.74) is 0. The Labute approximate surface area is 74.3 Å². The van der Waals surface area contributed by atoms with Gasteiger partial charge in [-0.3, -0.25) is 0 Å². The van der Waals surface area contributed by atoms with Crippen LogP contribution in [0.4, 0.5) is 0 Å². The van der Waals surface area contributed by atoms with Crippen LogP contribution in [-0.4, -0.2) is 13.9 Å². The molecule has 1 rings (SSSR count). The Kier molecular flexibility index (Phi) is 3.39. The van der Waals surface area contributed by atoms with Crippen LogP contribution in [-0.2, 0) is 4.74 Å². The summed E-state index contributed by atoms with van der Waals surface area (Å²) in [4.78, 5) is 0. The van der Waals surface area contributed by atoms with Gasteiger partial charge >= 0.3 is 0 Å². The SMILES string of the molecule is COCOc1[c]c(Br)ccc1. The number of halogens is 1. The maximum absolute atomic E-state index is 5.13. The lowest BCUT2D eigenvalue weighted by atomic mass is 10.3. The Morgan fingerprint density at radius 1 is 1.55 bits per heavy atom. The van der Waals surface area contributed by atoms with Gasteiger partial charge in [0.1, 0.15) is 5.75 Å². The third-order valence-corrected chi connectivity index (χ3v) is 1.53. The van der Waals surface area contributed by atoms with Gasteiger partial charge < -0.3 is 9.47 Å². The van der Waals surface area contributed by atoms with Crippen LogP contribution in [0.25, 0.3) is 0 Å². The zero-order valence-corrected chi connectivity index (χ0v) is 7.72. The molecule has 11 heavy (non-hydrogen) atoms. The highest BCUT2D eigenvalue weighted by Crippen LogP contribution is 2.16. The van der Waals surface area contributed by atoms with Crippen LogP contribution in [0.15, 0.2) is 22.7 Å². The van der Waals surface area contributed by atoms with Gasteiger partial charge in [-0.05, 0) is 12.1 Å². The topological polar surface area (TPSA) is 18.5 Å². The summed E-state index contributed by atoms with van der Waals surface area (Å²) in [7, 11) is 1.58. The fourth-order valence-corrected chi connectivity index (χ4v) is 0.976. The van der Waals surface area contributed by atoms with E-state index in [0.29, 0.717) is 5.75 Å². The molecule has 0 unspecified atom stereocenters. The smallest absolute Gasteiger partial charge is 0.188 e. The first-order valence-corrected chi connectivity index (χ1v) is 3.92. The van der Waals surface area contributed by atoms with Crippen LogP contribution >= 0.6 is 15.9 Å². The van der Waals surface area contributed by atoms with Crippen LogP contribution in [0.1, 0.15) is 0 Å². The van der Waals surface area contributed by atoms with Gasteiger partial charge in [-0.1, -0.05) is 22.0 Å². The summed E-state index contributed by atoms with van der Waals surface area (Å²) >= 11 is 3.28. The largest absolute Gasteiger partial charge is 0.467 e. The standard InChI is InChI=1S/C8H8BrO2/c1-10-6-11-8-4-2-3-7(9)5-8/h2-4H,6H2,1H3. The predicted molar refractivity (Wildman–Crippen MR) is 45.5 cm³/mol. The monoisotopic (exact) mass is 215 g/mol.